The van der Waals surface area contributed by atoms with Gasteiger partial charge in [0.2, 0.25) is 0 Å². The van der Waals surface area contributed by atoms with Crippen LogP contribution < -0.4 is 19.7 Å². The van der Waals surface area contributed by atoms with E-state index in [1.165, 1.54) is 11.1 Å². The normalized spacial score (nSPS) is 16.6. The number of ether oxygens (including phenoxy) is 3. The summed E-state index contributed by atoms with van der Waals surface area (Å²) < 4.78 is 16.7. The van der Waals surface area contributed by atoms with Crippen molar-refractivity contribution in [2.45, 2.75) is 39.3 Å². The Balaban J connectivity index is 1.76. The van der Waals surface area contributed by atoms with Crippen molar-refractivity contribution in [2.75, 3.05) is 31.0 Å². The van der Waals surface area contributed by atoms with Crippen LogP contribution in [0.15, 0.2) is 108 Å². The van der Waals surface area contributed by atoms with Crippen LogP contribution in [0.4, 0.5) is 11.4 Å². The van der Waals surface area contributed by atoms with Crippen molar-refractivity contribution in [3.05, 3.63) is 131 Å². The molecular formula is C36H38N2O4. The van der Waals surface area contributed by atoms with Crippen molar-refractivity contribution in [3.8, 4) is 11.5 Å². The number of rotatable bonds is 9. The molecule has 0 fully saturated rings. The fourth-order valence-electron chi connectivity index (χ4n) is 5.52. The van der Waals surface area contributed by atoms with E-state index in [4.69, 9.17) is 14.2 Å². The number of aryl methyl sites for hydroxylation is 2. The van der Waals surface area contributed by atoms with E-state index in [9.17, 15) is 4.79 Å². The predicted octanol–water partition coefficient (Wildman–Crippen LogP) is 7.94. The molecule has 0 amide bonds. The Morgan fingerprint density at radius 2 is 1.29 bits per heavy atom. The lowest BCUT2D eigenvalue weighted by Crippen LogP contribution is -2.41. The standard InChI is InChI=1S/C36H38N2O4/c1-6-42-36(39)34-32(37-28-15-7-24(2)8-16-28)23-33(26-11-19-30(40-4)20-12-26)38(29-17-9-25(3)10-18-29)35(34)27-13-21-31(41-5)22-14-27/h7-22,33,35,37H,6,23H2,1-5H3/t33-,35+/m0/s1. The topological polar surface area (TPSA) is 60.0 Å². The van der Waals surface area contributed by atoms with E-state index < -0.39 is 6.04 Å². The van der Waals surface area contributed by atoms with Gasteiger partial charge in [-0.15, -0.1) is 0 Å². The van der Waals surface area contributed by atoms with Gasteiger partial charge in [0.05, 0.1) is 38.5 Å². The number of carbonyl (C=O) groups is 1. The lowest BCUT2D eigenvalue weighted by molar-refractivity contribution is -0.139. The van der Waals surface area contributed by atoms with E-state index in [-0.39, 0.29) is 18.6 Å². The molecule has 216 valence electrons. The maximum absolute atomic E-state index is 13.9. The molecule has 1 heterocycles. The molecule has 0 spiro atoms. The summed E-state index contributed by atoms with van der Waals surface area (Å²) in [5.41, 5.74) is 7.76. The number of methoxy groups -OCH3 is 2. The van der Waals surface area contributed by atoms with Gasteiger partial charge in [-0.05, 0) is 80.4 Å². The maximum atomic E-state index is 13.9. The first-order chi connectivity index (χ1) is 20.4. The van der Waals surface area contributed by atoms with Crippen molar-refractivity contribution in [1.82, 2.24) is 0 Å². The van der Waals surface area contributed by atoms with Crippen LogP contribution in [0.25, 0.3) is 0 Å². The van der Waals surface area contributed by atoms with Gasteiger partial charge in [-0.25, -0.2) is 4.79 Å². The zero-order valence-electron chi connectivity index (χ0n) is 24.9. The van der Waals surface area contributed by atoms with Crippen molar-refractivity contribution >= 4 is 17.3 Å². The minimum absolute atomic E-state index is 0.100. The zero-order chi connectivity index (χ0) is 29.6. The van der Waals surface area contributed by atoms with Gasteiger partial charge < -0.3 is 24.4 Å². The van der Waals surface area contributed by atoms with Crippen LogP contribution in [0.1, 0.15) is 47.7 Å². The summed E-state index contributed by atoms with van der Waals surface area (Å²) in [6.07, 6.45) is 0.564. The Kier molecular flexibility index (Phi) is 8.82. The van der Waals surface area contributed by atoms with Gasteiger partial charge in [-0.1, -0.05) is 59.7 Å². The smallest absolute Gasteiger partial charge is 0.338 e. The van der Waals surface area contributed by atoms with Crippen LogP contribution in [-0.4, -0.2) is 26.8 Å². The molecule has 1 aliphatic heterocycles. The third-order valence-corrected chi connectivity index (χ3v) is 7.72. The summed E-state index contributed by atoms with van der Waals surface area (Å²) in [6, 6.07) is 32.3. The molecule has 0 radical (unpaired) electrons. The van der Waals surface area contributed by atoms with Gasteiger partial charge in [0.25, 0.3) is 0 Å². The molecule has 5 rings (SSSR count). The highest BCUT2D eigenvalue weighted by Crippen LogP contribution is 2.48. The van der Waals surface area contributed by atoms with Crippen molar-refractivity contribution in [2.24, 2.45) is 0 Å². The minimum atomic E-state index is -0.438. The summed E-state index contributed by atoms with van der Waals surface area (Å²) >= 11 is 0. The molecule has 2 atom stereocenters. The van der Waals surface area contributed by atoms with Crippen molar-refractivity contribution in [1.29, 1.82) is 0 Å². The number of benzene rings is 4. The quantitative estimate of drug-likeness (QED) is 0.209. The van der Waals surface area contributed by atoms with Gasteiger partial charge >= 0.3 is 5.97 Å². The Morgan fingerprint density at radius 3 is 1.81 bits per heavy atom. The molecule has 0 aliphatic carbocycles. The monoisotopic (exact) mass is 562 g/mol. The first-order valence-corrected chi connectivity index (χ1v) is 14.3. The van der Waals surface area contributed by atoms with Crippen LogP contribution in [0.3, 0.4) is 0 Å². The van der Waals surface area contributed by atoms with Gasteiger partial charge in [0, 0.05) is 23.5 Å². The largest absolute Gasteiger partial charge is 0.497 e. The Hall–Kier alpha value is -4.71. The molecule has 0 bridgehead atoms. The Bertz CT molecular complexity index is 1530. The molecule has 1 N–H and O–H groups in total. The van der Waals surface area contributed by atoms with E-state index in [0.29, 0.717) is 12.0 Å². The Morgan fingerprint density at radius 1 is 0.762 bits per heavy atom. The van der Waals surface area contributed by atoms with Crippen molar-refractivity contribution in [3.63, 3.8) is 0 Å². The zero-order valence-corrected chi connectivity index (χ0v) is 24.9. The summed E-state index contributed by atoms with van der Waals surface area (Å²) in [5, 5.41) is 3.63. The fourth-order valence-corrected chi connectivity index (χ4v) is 5.52. The first-order valence-electron chi connectivity index (χ1n) is 14.3. The van der Waals surface area contributed by atoms with Gasteiger partial charge in [-0.3, -0.25) is 0 Å². The number of nitrogens with one attached hydrogen (secondary N) is 1. The molecule has 4 aromatic rings. The highest BCUT2D eigenvalue weighted by molar-refractivity contribution is 5.93. The van der Waals surface area contributed by atoms with E-state index >= 15 is 0 Å². The molecule has 0 aromatic heterocycles. The molecule has 6 heteroatoms. The number of hydrogen-bond donors (Lipinski definition) is 1. The molecule has 1 aliphatic rings. The van der Waals surface area contributed by atoms with Crippen LogP contribution in [0.5, 0.6) is 11.5 Å². The van der Waals surface area contributed by atoms with Crippen molar-refractivity contribution < 1.29 is 19.0 Å². The molecule has 6 nitrogen and oxygen atoms in total. The lowest BCUT2D eigenvalue weighted by Gasteiger charge is -2.46. The highest BCUT2D eigenvalue weighted by Gasteiger charge is 2.42. The average molecular weight is 563 g/mol. The number of hydrogen-bond acceptors (Lipinski definition) is 6. The number of carbonyl (C=O) groups excluding carboxylic acids is 1. The fraction of sp³-hybridized carbons (Fsp3) is 0.250. The van der Waals surface area contributed by atoms with E-state index in [0.717, 1.165) is 39.7 Å². The van der Waals surface area contributed by atoms with Crippen LogP contribution in [-0.2, 0) is 9.53 Å². The van der Waals surface area contributed by atoms with Crippen LogP contribution >= 0.6 is 0 Å². The van der Waals surface area contributed by atoms with E-state index in [1.807, 2.05) is 55.5 Å². The van der Waals surface area contributed by atoms with E-state index in [1.54, 1.807) is 14.2 Å². The Labute approximate surface area is 248 Å². The first kappa shape index (κ1) is 28.8. The number of esters is 1. The molecular weight excluding hydrogens is 524 g/mol. The summed E-state index contributed by atoms with van der Waals surface area (Å²) in [4.78, 5) is 16.3. The third kappa shape index (κ3) is 6.13. The minimum Gasteiger partial charge on any atom is -0.497 e. The lowest BCUT2D eigenvalue weighted by atomic mass is 9.84. The van der Waals surface area contributed by atoms with Gasteiger partial charge in [0.15, 0.2) is 0 Å². The second-order valence-corrected chi connectivity index (χ2v) is 10.5. The maximum Gasteiger partial charge on any atom is 0.338 e. The summed E-state index contributed by atoms with van der Waals surface area (Å²) in [5.74, 6) is 1.21. The van der Waals surface area contributed by atoms with E-state index in [2.05, 4.69) is 72.6 Å². The van der Waals surface area contributed by atoms with Crippen LogP contribution in [0, 0.1) is 13.8 Å². The molecule has 0 saturated heterocycles. The summed E-state index contributed by atoms with van der Waals surface area (Å²) in [7, 11) is 3.33. The number of nitrogens with zero attached hydrogens (tertiary/aromatic N) is 1. The van der Waals surface area contributed by atoms with Crippen LogP contribution in [0.2, 0.25) is 0 Å². The molecule has 0 saturated carbocycles. The second kappa shape index (κ2) is 12.9. The second-order valence-electron chi connectivity index (χ2n) is 10.5. The predicted molar refractivity (Wildman–Crippen MR) is 168 cm³/mol. The molecule has 42 heavy (non-hydrogen) atoms. The number of anilines is 2. The van der Waals surface area contributed by atoms with Gasteiger partial charge in [-0.2, -0.15) is 0 Å². The highest BCUT2D eigenvalue weighted by atomic mass is 16.5. The SMILES string of the molecule is CCOC(=O)C1=C(Nc2ccc(C)cc2)C[C@@H](c2ccc(OC)cc2)N(c2ccc(C)cc2)[C@@H]1c1ccc(OC)cc1. The molecule has 0 unspecified atom stereocenters. The summed E-state index contributed by atoms with van der Waals surface area (Å²) in [6.45, 7) is 6.26. The van der Waals surface area contributed by atoms with Gasteiger partial charge in [0.1, 0.15) is 11.5 Å². The molecule has 4 aromatic carbocycles. The third-order valence-electron chi connectivity index (χ3n) is 7.72. The average Bonchev–Trinajstić information content (AvgIpc) is 3.02.